The van der Waals surface area contributed by atoms with Crippen LogP contribution in [0.3, 0.4) is 0 Å². The third-order valence-corrected chi connectivity index (χ3v) is 5.66. The zero-order valence-electron chi connectivity index (χ0n) is 16.7. The topological polar surface area (TPSA) is 94.3 Å². The maximum absolute atomic E-state index is 11.4. The van der Waals surface area contributed by atoms with E-state index in [0.717, 1.165) is 23.6 Å². The highest BCUT2D eigenvalue weighted by atomic mass is 16.1. The number of nitriles is 1. The number of aryl methyl sites for hydroxylation is 1. The van der Waals surface area contributed by atoms with E-state index >= 15 is 0 Å². The molecule has 7 nitrogen and oxygen atoms in total. The number of amides is 1. The molecule has 2 aliphatic rings. The number of rotatable bonds is 4. The summed E-state index contributed by atoms with van der Waals surface area (Å²) in [5, 5.41) is 18.9. The Morgan fingerprint density at radius 3 is 2.69 bits per heavy atom. The molecular formula is C22H24N6O. The number of carbonyl (C=O) groups is 1. The van der Waals surface area contributed by atoms with Gasteiger partial charge in [-0.2, -0.15) is 10.4 Å². The van der Waals surface area contributed by atoms with Crippen LogP contribution in [0.4, 0.5) is 11.6 Å². The fourth-order valence-electron chi connectivity index (χ4n) is 4.25. The molecule has 1 saturated carbocycles. The standard InChI is InChI=1S/C22H24N6O/c1-14-17(13-23)10-11-22(24-14)28-20(16-6-3-4-7-16)12-19(27-28)18-8-5-9-21(26-18)25-15(2)29/h5,8-11,16,20H,3-4,6-7,12H2,1-2H3,(H,25,26,29). The Labute approximate surface area is 170 Å². The van der Waals surface area contributed by atoms with Gasteiger partial charge in [-0.15, -0.1) is 0 Å². The summed E-state index contributed by atoms with van der Waals surface area (Å²) in [6.45, 7) is 3.32. The largest absolute Gasteiger partial charge is 0.311 e. The SMILES string of the molecule is CC(=O)Nc1cccc(C2=NN(c3ccc(C#N)c(C)n3)C(C3CCCC3)C2)n1. The first kappa shape index (κ1) is 19.1. The summed E-state index contributed by atoms with van der Waals surface area (Å²) in [6, 6.07) is 11.7. The Kier molecular flexibility index (Phi) is 5.26. The number of hydrogen-bond acceptors (Lipinski definition) is 6. The Balaban J connectivity index is 1.69. The highest BCUT2D eigenvalue weighted by Gasteiger charge is 2.37. The van der Waals surface area contributed by atoms with Crippen molar-refractivity contribution in [3.63, 3.8) is 0 Å². The lowest BCUT2D eigenvalue weighted by molar-refractivity contribution is -0.114. The summed E-state index contributed by atoms with van der Waals surface area (Å²) in [6.07, 6.45) is 5.68. The van der Waals surface area contributed by atoms with Gasteiger partial charge in [-0.1, -0.05) is 18.9 Å². The average molecular weight is 388 g/mol. The molecular weight excluding hydrogens is 364 g/mol. The maximum Gasteiger partial charge on any atom is 0.222 e. The van der Waals surface area contributed by atoms with Crippen molar-refractivity contribution >= 4 is 23.3 Å². The normalized spacial score (nSPS) is 19.1. The minimum absolute atomic E-state index is 0.147. The molecule has 2 aromatic heterocycles. The zero-order valence-corrected chi connectivity index (χ0v) is 16.7. The lowest BCUT2D eigenvalue weighted by atomic mass is 9.93. The van der Waals surface area contributed by atoms with Gasteiger partial charge in [-0.05, 0) is 49.9 Å². The van der Waals surface area contributed by atoms with Gasteiger partial charge < -0.3 is 5.32 Å². The number of carbonyl (C=O) groups excluding carboxylic acids is 1. The third-order valence-electron chi connectivity index (χ3n) is 5.66. The van der Waals surface area contributed by atoms with Crippen molar-refractivity contribution in [1.82, 2.24) is 9.97 Å². The van der Waals surface area contributed by atoms with Crippen LogP contribution in [-0.2, 0) is 4.79 Å². The van der Waals surface area contributed by atoms with E-state index in [1.807, 2.05) is 36.2 Å². The van der Waals surface area contributed by atoms with Gasteiger partial charge in [0.05, 0.1) is 28.7 Å². The molecule has 1 aliphatic carbocycles. The number of anilines is 2. The van der Waals surface area contributed by atoms with Crippen molar-refractivity contribution in [2.24, 2.45) is 11.0 Å². The molecule has 1 atom stereocenters. The van der Waals surface area contributed by atoms with Crippen LogP contribution in [0, 0.1) is 24.2 Å². The molecule has 2 aromatic rings. The van der Waals surface area contributed by atoms with Crippen molar-refractivity contribution in [1.29, 1.82) is 5.26 Å². The summed E-state index contributed by atoms with van der Waals surface area (Å²) in [5.74, 6) is 1.71. The van der Waals surface area contributed by atoms with Gasteiger partial charge in [0, 0.05) is 13.3 Å². The van der Waals surface area contributed by atoms with Gasteiger partial charge in [-0.3, -0.25) is 4.79 Å². The van der Waals surface area contributed by atoms with Crippen LogP contribution in [0.15, 0.2) is 35.4 Å². The van der Waals surface area contributed by atoms with Gasteiger partial charge in [0.1, 0.15) is 17.7 Å². The Morgan fingerprint density at radius 1 is 1.21 bits per heavy atom. The number of aromatic nitrogens is 2. The van der Waals surface area contributed by atoms with Crippen molar-refractivity contribution in [2.45, 2.75) is 52.0 Å². The molecule has 29 heavy (non-hydrogen) atoms. The summed E-state index contributed by atoms with van der Waals surface area (Å²) >= 11 is 0. The molecule has 0 bridgehead atoms. The highest BCUT2D eigenvalue weighted by Crippen LogP contribution is 2.37. The van der Waals surface area contributed by atoms with Crippen LogP contribution in [0.25, 0.3) is 0 Å². The van der Waals surface area contributed by atoms with Crippen LogP contribution < -0.4 is 10.3 Å². The molecule has 1 aliphatic heterocycles. The molecule has 0 aromatic carbocycles. The second kappa shape index (κ2) is 8.00. The number of pyridine rings is 2. The number of nitrogens with one attached hydrogen (secondary N) is 1. The molecule has 1 fully saturated rings. The van der Waals surface area contributed by atoms with Crippen molar-refractivity contribution in [3.8, 4) is 6.07 Å². The fourth-order valence-corrected chi connectivity index (χ4v) is 4.25. The second-order valence-electron chi connectivity index (χ2n) is 7.71. The van der Waals surface area contributed by atoms with Crippen LogP contribution in [0.5, 0.6) is 0 Å². The van der Waals surface area contributed by atoms with E-state index in [4.69, 9.17) is 5.10 Å². The maximum atomic E-state index is 11.4. The smallest absolute Gasteiger partial charge is 0.222 e. The average Bonchev–Trinajstić information content (AvgIpc) is 3.37. The summed E-state index contributed by atoms with van der Waals surface area (Å²) in [5.41, 5.74) is 2.97. The van der Waals surface area contributed by atoms with E-state index < -0.39 is 0 Å². The molecule has 148 valence electrons. The van der Waals surface area contributed by atoms with Gasteiger partial charge in [0.25, 0.3) is 0 Å². The minimum Gasteiger partial charge on any atom is -0.311 e. The first-order valence-corrected chi connectivity index (χ1v) is 10.0. The van der Waals surface area contributed by atoms with Crippen molar-refractivity contribution in [3.05, 3.63) is 47.3 Å². The summed E-state index contributed by atoms with van der Waals surface area (Å²) in [7, 11) is 0. The molecule has 0 spiro atoms. The van der Waals surface area contributed by atoms with E-state index in [2.05, 4.69) is 21.4 Å². The molecule has 1 N–H and O–H groups in total. The first-order valence-electron chi connectivity index (χ1n) is 10.0. The van der Waals surface area contributed by atoms with Gasteiger partial charge in [-0.25, -0.2) is 15.0 Å². The van der Waals surface area contributed by atoms with E-state index in [-0.39, 0.29) is 11.9 Å². The second-order valence-corrected chi connectivity index (χ2v) is 7.71. The zero-order chi connectivity index (χ0) is 20.4. The van der Waals surface area contributed by atoms with Gasteiger partial charge in [0.15, 0.2) is 0 Å². The molecule has 0 radical (unpaired) electrons. The minimum atomic E-state index is -0.147. The molecule has 1 unspecified atom stereocenters. The molecule has 4 rings (SSSR count). The number of hydrogen-bond donors (Lipinski definition) is 1. The third kappa shape index (κ3) is 3.97. The Bertz CT molecular complexity index is 1000. The molecule has 3 heterocycles. The lowest BCUT2D eigenvalue weighted by Gasteiger charge is -2.27. The Morgan fingerprint density at radius 2 is 2.00 bits per heavy atom. The van der Waals surface area contributed by atoms with Crippen LogP contribution in [-0.4, -0.2) is 27.6 Å². The number of hydrazone groups is 1. The Hall–Kier alpha value is -3.27. The van der Waals surface area contributed by atoms with Gasteiger partial charge >= 0.3 is 0 Å². The van der Waals surface area contributed by atoms with Gasteiger partial charge in [0.2, 0.25) is 5.91 Å². The van der Waals surface area contributed by atoms with Crippen molar-refractivity contribution < 1.29 is 4.79 Å². The predicted octanol–water partition coefficient (Wildman–Crippen LogP) is 3.79. The fraction of sp³-hybridized carbons (Fsp3) is 0.409. The van der Waals surface area contributed by atoms with E-state index in [1.165, 1.54) is 32.6 Å². The van der Waals surface area contributed by atoms with Crippen LogP contribution in [0.2, 0.25) is 0 Å². The van der Waals surface area contributed by atoms with E-state index in [9.17, 15) is 10.1 Å². The van der Waals surface area contributed by atoms with Crippen LogP contribution in [0.1, 0.15) is 56.0 Å². The summed E-state index contributed by atoms with van der Waals surface area (Å²) in [4.78, 5) is 20.6. The number of nitrogens with zero attached hydrogens (tertiary/aromatic N) is 5. The summed E-state index contributed by atoms with van der Waals surface area (Å²) < 4.78 is 0. The quantitative estimate of drug-likeness (QED) is 0.860. The van der Waals surface area contributed by atoms with Crippen LogP contribution >= 0.6 is 0 Å². The highest BCUT2D eigenvalue weighted by molar-refractivity contribution is 6.02. The molecule has 1 amide bonds. The van der Waals surface area contributed by atoms with E-state index in [0.29, 0.717) is 23.0 Å². The van der Waals surface area contributed by atoms with E-state index in [1.54, 1.807) is 6.07 Å². The molecule has 7 heteroatoms. The predicted molar refractivity (Wildman–Crippen MR) is 112 cm³/mol. The monoisotopic (exact) mass is 388 g/mol. The lowest BCUT2D eigenvalue weighted by Crippen LogP contribution is -2.33. The first-order chi connectivity index (χ1) is 14.0. The van der Waals surface area contributed by atoms with Crippen molar-refractivity contribution in [2.75, 3.05) is 10.3 Å². The molecule has 0 saturated heterocycles.